The van der Waals surface area contributed by atoms with Gasteiger partial charge in [0.15, 0.2) is 11.5 Å². The minimum Gasteiger partial charge on any atom is -0.481 e. The van der Waals surface area contributed by atoms with Gasteiger partial charge in [0.2, 0.25) is 5.91 Å². The van der Waals surface area contributed by atoms with Gasteiger partial charge < -0.3 is 10.4 Å². The molecule has 96 valence electrons. The number of carbonyl (C=O) groups is 2. The number of benzene rings is 1. The van der Waals surface area contributed by atoms with E-state index in [2.05, 4.69) is 0 Å². The van der Waals surface area contributed by atoms with Gasteiger partial charge in [0.1, 0.15) is 5.92 Å². The van der Waals surface area contributed by atoms with Crippen LogP contribution in [-0.4, -0.2) is 21.9 Å². The maximum atomic E-state index is 13.4. The normalized spacial score (nSPS) is 11.7. The van der Waals surface area contributed by atoms with Crippen LogP contribution in [0.3, 0.4) is 0 Å². The number of nitrogens with zero attached hydrogens (tertiary/aromatic N) is 1. The molecular weight excluding hydrogens is 247 g/mol. The van der Waals surface area contributed by atoms with Crippen LogP contribution in [0.15, 0.2) is 18.2 Å². The van der Waals surface area contributed by atoms with E-state index in [1.54, 1.807) is 0 Å². The summed E-state index contributed by atoms with van der Waals surface area (Å²) in [5, 5.41) is 21.1. The van der Waals surface area contributed by atoms with Crippen LogP contribution >= 0.6 is 0 Å². The Morgan fingerprint density at radius 1 is 1.50 bits per heavy atom. The molecule has 0 fully saturated rings. The number of para-hydroxylation sites is 1. The van der Waals surface area contributed by atoms with Gasteiger partial charge in [-0.25, -0.2) is 4.39 Å². The highest BCUT2D eigenvalue weighted by Crippen LogP contribution is 2.27. The van der Waals surface area contributed by atoms with Gasteiger partial charge in [-0.2, -0.15) is 0 Å². The number of anilines is 1. The van der Waals surface area contributed by atoms with Crippen LogP contribution in [0.1, 0.15) is 6.92 Å². The molecule has 0 heterocycles. The standard InChI is InChI=1S/C10H9FN2O5/c1-5(10(15)16)9(14)12-8-6(11)3-2-4-7(8)13(17)18/h2-5H,1H3,(H,12,14)(H,15,16). The van der Waals surface area contributed by atoms with Gasteiger partial charge in [-0.15, -0.1) is 0 Å². The molecule has 0 radical (unpaired) electrons. The van der Waals surface area contributed by atoms with E-state index in [-0.39, 0.29) is 0 Å². The van der Waals surface area contributed by atoms with Gasteiger partial charge in [0, 0.05) is 6.07 Å². The molecule has 0 saturated carbocycles. The second kappa shape index (κ2) is 5.21. The SMILES string of the molecule is CC(C(=O)O)C(=O)Nc1c(F)cccc1[N+](=O)[O-]. The Bertz CT molecular complexity index is 517. The van der Waals surface area contributed by atoms with Crippen LogP contribution in [0.25, 0.3) is 0 Å². The summed E-state index contributed by atoms with van der Waals surface area (Å²) in [6.07, 6.45) is 0. The molecule has 1 aromatic rings. The van der Waals surface area contributed by atoms with E-state index in [0.29, 0.717) is 0 Å². The number of carboxylic acids is 1. The maximum Gasteiger partial charge on any atom is 0.315 e. The fourth-order valence-corrected chi connectivity index (χ4v) is 1.13. The Labute approximate surface area is 100 Å². The molecule has 7 nitrogen and oxygen atoms in total. The highest BCUT2D eigenvalue weighted by atomic mass is 19.1. The summed E-state index contributed by atoms with van der Waals surface area (Å²) in [7, 11) is 0. The Morgan fingerprint density at radius 3 is 2.61 bits per heavy atom. The summed E-state index contributed by atoms with van der Waals surface area (Å²) in [5.74, 6) is -4.89. The molecule has 1 amide bonds. The summed E-state index contributed by atoms with van der Waals surface area (Å²) >= 11 is 0. The Hall–Kier alpha value is -2.51. The van der Waals surface area contributed by atoms with Crippen molar-refractivity contribution in [3.8, 4) is 0 Å². The first-order chi connectivity index (χ1) is 8.34. The Kier molecular flexibility index (Phi) is 3.93. The molecule has 1 aromatic carbocycles. The second-order valence-electron chi connectivity index (χ2n) is 3.44. The molecule has 1 atom stereocenters. The van der Waals surface area contributed by atoms with Crippen molar-refractivity contribution in [1.29, 1.82) is 0 Å². The topological polar surface area (TPSA) is 110 Å². The molecule has 0 spiro atoms. The number of nitrogens with one attached hydrogen (secondary N) is 1. The minimum atomic E-state index is -1.44. The maximum absolute atomic E-state index is 13.4. The van der Waals surface area contributed by atoms with E-state index >= 15 is 0 Å². The summed E-state index contributed by atoms with van der Waals surface area (Å²) in [5.41, 5.74) is -1.28. The quantitative estimate of drug-likeness (QED) is 0.480. The number of hydrogen-bond donors (Lipinski definition) is 2. The predicted molar refractivity (Wildman–Crippen MR) is 58.5 cm³/mol. The van der Waals surface area contributed by atoms with Crippen molar-refractivity contribution in [2.24, 2.45) is 5.92 Å². The molecule has 0 aliphatic heterocycles. The number of carbonyl (C=O) groups excluding carboxylic acids is 1. The lowest BCUT2D eigenvalue weighted by Gasteiger charge is -2.09. The zero-order chi connectivity index (χ0) is 13.9. The highest BCUT2D eigenvalue weighted by Gasteiger charge is 2.25. The molecule has 0 aromatic heterocycles. The van der Waals surface area contributed by atoms with Gasteiger partial charge in [-0.1, -0.05) is 6.07 Å². The van der Waals surface area contributed by atoms with E-state index < -0.39 is 39.9 Å². The average molecular weight is 256 g/mol. The number of aliphatic carboxylic acids is 1. The van der Waals surface area contributed by atoms with Gasteiger partial charge in [-0.05, 0) is 13.0 Å². The zero-order valence-corrected chi connectivity index (χ0v) is 9.21. The van der Waals surface area contributed by atoms with Crippen LogP contribution in [0, 0.1) is 21.8 Å². The van der Waals surface area contributed by atoms with Crippen LogP contribution in [0.2, 0.25) is 0 Å². The van der Waals surface area contributed by atoms with Gasteiger partial charge in [0.05, 0.1) is 4.92 Å². The number of halogens is 1. The molecule has 1 unspecified atom stereocenters. The number of nitro benzene ring substituents is 1. The van der Waals surface area contributed by atoms with Crippen molar-refractivity contribution in [2.75, 3.05) is 5.32 Å². The molecule has 1 rings (SSSR count). The fraction of sp³-hybridized carbons (Fsp3) is 0.200. The lowest BCUT2D eigenvalue weighted by Crippen LogP contribution is -2.27. The van der Waals surface area contributed by atoms with E-state index in [4.69, 9.17) is 5.11 Å². The van der Waals surface area contributed by atoms with Crippen molar-refractivity contribution in [3.63, 3.8) is 0 Å². The third-order valence-electron chi connectivity index (χ3n) is 2.20. The molecule has 0 saturated heterocycles. The van der Waals surface area contributed by atoms with Crippen molar-refractivity contribution >= 4 is 23.3 Å². The number of hydrogen-bond acceptors (Lipinski definition) is 4. The molecular formula is C10H9FN2O5. The smallest absolute Gasteiger partial charge is 0.315 e. The summed E-state index contributed by atoms with van der Waals surface area (Å²) in [6, 6.07) is 3.04. The van der Waals surface area contributed by atoms with Crippen LogP contribution in [0.4, 0.5) is 15.8 Å². The van der Waals surface area contributed by atoms with E-state index in [1.807, 2.05) is 5.32 Å². The van der Waals surface area contributed by atoms with Crippen LogP contribution < -0.4 is 5.32 Å². The number of rotatable bonds is 4. The van der Waals surface area contributed by atoms with Gasteiger partial charge in [-0.3, -0.25) is 19.7 Å². The summed E-state index contributed by atoms with van der Waals surface area (Å²) in [4.78, 5) is 31.7. The number of nitro groups is 1. The number of amides is 1. The van der Waals surface area contributed by atoms with Crippen molar-refractivity contribution in [3.05, 3.63) is 34.1 Å². The Balaban J connectivity index is 3.07. The molecule has 0 bridgehead atoms. The third kappa shape index (κ3) is 2.78. The van der Waals surface area contributed by atoms with Crippen molar-refractivity contribution in [2.45, 2.75) is 6.92 Å². The van der Waals surface area contributed by atoms with E-state index in [0.717, 1.165) is 25.1 Å². The van der Waals surface area contributed by atoms with Crippen LogP contribution in [0.5, 0.6) is 0 Å². The molecule has 0 aliphatic rings. The van der Waals surface area contributed by atoms with Gasteiger partial charge >= 0.3 is 5.97 Å². The predicted octanol–water partition coefficient (Wildman–Crippen LogP) is 1.39. The third-order valence-corrected chi connectivity index (χ3v) is 2.20. The summed E-state index contributed by atoms with van der Waals surface area (Å²) in [6.45, 7) is 1.09. The first-order valence-electron chi connectivity index (χ1n) is 4.81. The lowest BCUT2D eigenvalue weighted by atomic mass is 10.1. The number of carboxylic acid groups (broad SMARTS) is 1. The molecule has 18 heavy (non-hydrogen) atoms. The fourth-order valence-electron chi connectivity index (χ4n) is 1.13. The van der Waals surface area contributed by atoms with Crippen LogP contribution in [-0.2, 0) is 9.59 Å². The largest absolute Gasteiger partial charge is 0.481 e. The average Bonchev–Trinajstić information content (AvgIpc) is 2.30. The first-order valence-corrected chi connectivity index (χ1v) is 4.81. The molecule has 0 aliphatic carbocycles. The molecule has 2 N–H and O–H groups in total. The summed E-state index contributed by atoms with van der Waals surface area (Å²) < 4.78 is 13.4. The molecule has 8 heteroatoms. The van der Waals surface area contributed by atoms with Crippen molar-refractivity contribution in [1.82, 2.24) is 0 Å². The first kappa shape index (κ1) is 13.6. The van der Waals surface area contributed by atoms with E-state index in [1.165, 1.54) is 0 Å². The highest BCUT2D eigenvalue weighted by molar-refractivity contribution is 6.04. The van der Waals surface area contributed by atoms with Crippen molar-refractivity contribution < 1.29 is 24.0 Å². The Morgan fingerprint density at radius 2 is 2.11 bits per heavy atom. The monoisotopic (exact) mass is 256 g/mol. The second-order valence-corrected chi connectivity index (χ2v) is 3.44. The lowest BCUT2D eigenvalue weighted by molar-refractivity contribution is -0.384. The van der Waals surface area contributed by atoms with E-state index in [9.17, 15) is 24.1 Å². The zero-order valence-electron chi connectivity index (χ0n) is 9.21. The minimum absolute atomic E-state index is 0.638. The van der Waals surface area contributed by atoms with Gasteiger partial charge in [0.25, 0.3) is 5.69 Å².